The van der Waals surface area contributed by atoms with E-state index in [4.69, 9.17) is 12.2 Å². The van der Waals surface area contributed by atoms with Crippen molar-refractivity contribution in [1.82, 2.24) is 14.5 Å². The molecular weight excluding hydrogens is 709 g/mol. The summed E-state index contributed by atoms with van der Waals surface area (Å²) in [6, 6.07) is 16.3. The predicted octanol–water partition coefficient (Wildman–Crippen LogP) is 1.23. The Labute approximate surface area is 293 Å². The first kappa shape index (κ1) is 34.4. The Bertz CT molecular complexity index is 2410. The highest BCUT2D eigenvalue weighted by Crippen LogP contribution is 2.45. The summed E-state index contributed by atoms with van der Waals surface area (Å²) in [4.78, 5) is 61.3. The van der Waals surface area contributed by atoms with Gasteiger partial charge < -0.3 is 20.0 Å². The molecule has 0 spiro atoms. The number of carbonyl (C=O) groups is 3. The van der Waals surface area contributed by atoms with Gasteiger partial charge in [-0.1, -0.05) is 36.4 Å². The third-order valence-corrected chi connectivity index (χ3v) is 10.3. The molecule has 4 aromatic rings. The first-order chi connectivity index (χ1) is 23.8. The Balaban J connectivity index is 1.55. The van der Waals surface area contributed by atoms with Crippen LogP contribution in [0.15, 0.2) is 77.5 Å². The Morgan fingerprint density at radius 3 is 2.36 bits per heavy atom. The van der Waals surface area contributed by atoms with E-state index in [-0.39, 0.29) is 38.8 Å². The van der Waals surface area contributed by atoms with Crippen LogP contribution in [0.25, 0.3) is 22.5 Å². The molecular formula is C32H28N6O9S3. The molecule has 15 nitrogen and oxygen atoms in total. The second kappa shape index (κ2) is 13.5. The van der Waals surface area contributed by atoms with E-state index in [1.54, 1.807) is 18.2 Å². The zero-order chi connectivity index (χ0) is 35.9. The Morgan fingerprint density at radius 2 is 1.68 bits per heavy atom. The summed E-state index contributed by atoms with van der Waals surface area (Å²) in [6.45, 7) is -1.40. The maximum atomic E-state index is 13.8. The first-order valence-electron chi connectivity index (χ1n) is 14.9. The van der Waals surface area contributed by atoms with Gasteiger partial charge in [0.2, 0.25) is 0 Å². The molecule has 0 bridgehead atoms. The van der Waals surface area contributed by atoms with Gasteiger partial charge in [-0.15, -0.1) is 11.3 Å². The van der Waals surface area contributed by atoms with E-state index in [0.29, 0.717) is 5.82 Å². The minimum absolute atomic E-state index is 0.0460. The molecule has 6 rings (SSSR count). The lowest BCUT2D eigenvalue weighted by Gasteiger charge is -2.22. The lowest BCUT2D eigenvalue weighted by molar-refractivity contribution is -0.140. The van der Waals surface area contributed by atoms with Crippen molar-refractivity contribution in [3.63, 3.8) is 0 Å². The predicted molar refractivity (Wildman–Crippen MR) is 191 cm³/mol. The molecule has 2 aromatic carbocycles. The van der Waals surface area contributed by atoms with Crippen LogP contribution in [0.2, 0.25) is 0 Å². The monoisotopic (exact) mass is 736 g/mol. The van der Waals surface area contributed by atoms with Crippen molar-refractivity contribution in [2.24, 2.45) is 0 Å². The molecule has 0 atom stereocenters. The molecule has 2 aliphatic rings. The number of pyridine rings is 1. The number of allylic oxidation sites excluding steroid dienone is 1. The molecule has 1 saturated heterocycles. The normalized spacial score (nSPS) is 17.1. The van der Waals surface area contributed by atoms with Crippen LogP contribution in [0.1, 0.15) is 6.42 Å². The lowest BCUT2D eigenvalue weighted by Crippen LogP contribution is -2.37. The summed E-state index contributed by atoms with van der Waals surface area (Å²) in [7, 11) is -2.41. The van der Waals surface area contributed by atoms with Gasteiger partial charge in [-0.25, -0.2) is 4.98 Å². The highest BCUT2D eigenvalue weighted by molar-refractivity contribution is 7.85. The highest BCUT2D eigenvalue weighted by atomic mass is 32.2. The van der Waals surface area contributed by atoms with Crippen molar-refractivity contribution in [2.75, 3.05) is 40.6 Å². The SMILES string of the molecule is CN1C(=CC=c2sc(=C3C(=O)N(CC(=O)O)C(=S)N3c3ccccn3)n(CC(=O)O)c2=O)N(CCCS(=O)(=O)O)c2ccc3ccccc3c21. The highest BCUT2D eigenvalue weighted by Gasteiger charge is 2.42. The molecule has 3 N–H and O–H groups in total. The second-order valence-electron chi connectivity index (χ2n) is 11.2. The van der Waals surface area contributed by atoms with Crippen molar-refractivity contribution in [3.8, 4) is 0 Å². The van der Waals surface area contributed by atoms with E-state index in [2.05, 4.69) is 4.98 Å². The van der Waals surface area contributed by atoms with Gasteiger partial charge in [0.05, 0.1) is 21.7 Å². The van der Waals surface area contributed by atoms with Gasteiger partial charge in [0, 0.05) is 25.2 Å². The van der Waals surface area contributed by atoms with E-state index >= 15 is 0 Å². The average molecular weight is 737 g/mol. The zero-order valence-corrected chi connectivity index (χ0v) is 28.6. The van der Waals surface area contributed by atoms with Crippen LogP contribution in [-0.2, 0) is 31.0 Å². The van der Waals surface area contributed by atoms with Gasteiger partial charge in [-0.3, -0.25) is 38.1 Å². The number of hydrogen-bond donors (Lipinski definition) is 3. The number of amides is 1. The number of rotatable bonds is 10. The Kier molecular flexibility index (Phi) is 9.27. The van der Waals surface area contributed by atoms with E-state index < -0.39 is 52.4 Å². The molecule has 0 aliphatic carbocycles. The number of carbonyl (C=O) groups excluding carboxylic acids is 1. The smallest absolute Gasteiger partial charge is 0.323 e. The molecule has 50 heavy (non-hydrogen) atoms. The van der Waals surface area contributed by atoms with Crippen LogP contribution < -0.4 is 29.5 Å². The molecule has 0 saturated carbocycles. The van der Waals surface area contributed by atoms with Crippen LogP contribution in [0, 0.1) is 0 Å². The quantitative estimate of drug-likeness (QED) is 0.155. The van der Waals surface area contributed by atoms with E-state index in [9.17, 15) is 42.4 Å². The lowest BCUT2D eigenvalue weighted by atomic mass is 10.1. The van der Waals surface area contributed by atoms with Crippen LogP contribution in [-0.4, -0.2) is 86.5 Å². The van der Waals surface area contributed by atoms with Crippen molar-refractivity contribution in [3.05, 3.63) is 92.2 Å². The van der Waals surface area contributed by atoms with Gasteiger partial charge in [0.1, 0.15) is 35.1 Å². The van der Waals surface area contributed by atoms with Gasteiger partial charge in [-0.05, 0) is 54.4 Å². The molecule has 0 unspecified atom stereocenters. The number of thiocarbonyl (C=S) groups is 1. The maximum Gasteiger partial charge on any atom is 0.323 e. The third kappa shape index (κ3) is 6.48. The number of hydrogen-bond acceptors (Lipinski definition) is 11. The number of aromatic nitrogens is 2. The summed E-state index contributed by atoms with van der Waals surface area (Å²) in [6.07, 6.45) is 4.62. The minimum atomic E-state index is -4.23. The first-order valence-corrected chi connectivity index (χ1v) is 17.7. The van der Waals surface area contributed by atoms with Gasteiger partial charge >= 0.3 is 11.9 Å². The number of fused-ring (bicyclic) bond motifs is 3. The summed E-state index contributed by atoms with van der Waals surface area (Å²) in [5.41, 5.74) is 0.639. The van der Waals surface area contributed by atoms with Crippen LogP contribution in [0.4, 0.5) is 17.2 Å². The fourth-order valence-electron chi connectivity index (χ4n) is 5.90. The van der Waals surface area contributed by atoms with E-state index in [1.807, 2.05) is 53.2 Å². The number of carboxylic acid groups (broad SMARTS) is 2. The Hall–Kier alpha value is -5.43. The summed E-state index contributed by atoms with van der Waals surface area (Å²) in [5.74, 6) is -3.31. The standard InChI is InChI=1S/C32H28N6O9S3/c1-34-24(35(15-6-16-50(45,46)47)21-11-10-19-7-2-3-8-20(19)27(21)34)13-12-22-29(43)36(17-25(39)40)31(49-22)28-30(44)37(18-26(41)42)32(48)38(28)23-9-4-5-14-33-23/h2-5,7-14H,6,15-18H2,1H3,(H,39,40)(H,41,42)(H,45,46,47). The molecule has 2 aromatic heterocycles. The van der Waals surface area contributed by atoms with Gasteiger partial charge in [0.15, 0.2) is 5.11 Å². The van der Waals surface area contributed by atoms with Crippen LogP contribution in [0.3, 0.4) is 0 Å². The molecule has 1 amide bonds. The number of thiazole rings is 1. The largest absolute Gasteiger partial charge is 0.480 e. The number of carboxylic acids is 2. The second-order valence-corrected chi connectivity index (χ2v) is 14.2. The van der Waals surface area contributed by atoms with Crippen molar-refractivity contribution in [2.45, 2.75) is 13.0 Å². The van der Waals surface area contributed by atoms with Crippen molar-refractivity contribution >= 4 is 96.4 Å². The molecule has 4 heterocycles. The average Bonchev–Trinajstić information content (AvgIpc) is 3.61. The van der Waals surface area contributed by atoms with E-state index in [0.717, 1.165) is 43.0 Å². The van der Waals surface area contributed by atoms with Crippen LogP contribution in [0.5, 0.6) is 0 Å². The fraction of sp³-hybridized carbons (Fsp3) is 0.188. The van der Waals surface area contributed by atoms with Gasteiger partial charge in [-0.2, -0.15) is 8.42 Å². The van der Waals surface area contributed by atoms with Crippen LogP contribution >= 0.6 is 23.6 Å². The van der Waals surface area contributed by atoms with Crippen molar-refractivity contribution < 1.29 is 37.6 Å². The number of benzene rings is 2. The summed E-state index contributed by atoms with van der Waals surface area (Å²) in [5, 5.41) is 20.9. The topological polar surface area (TPSA) is 194 Å². The van der Waals surface area contributed by atoms with Gasteiger partial charge in [0.25, 0.3) is 21.6 Å². The molecule has 2 aliphatic heterocycles. The Morgan fingerprint density at radius 1 is 0.960 bits per heavy atom. The fourth-order valence-corrected chi connectivity index (χ4v) is 7.80. The number of aliphatic carboxylic acids is 2. The molecule has 1 fully saturated rings. The minimum Gasteiger partial charge on any atom is -0.480 e. The molecule has 258 valence electrons. The number of nitrogens with zero attached hydrogens (tertiary/aromatic N) is 6. The third-order valence-electron chi connectivity index (χ3n) is 7.96. The summed E-state index contributed by atoms with van der Waals surface area (Å²) < 4.78 is 33.3. The maximum absolute atomic E-state index is 13.8. The molecule has 18 heteroatoms. The molecule has 0 radical (unpaired) electrons. The van der Waals surface area contributed by atoms with Crippen molar-refractivity contribution in [1.29, 1.82) is 0 Å². The van der Waals surface area contributed by atoms with E-state index in [1.165, 1.54) is 23.2 Å². The summed E-state index contributed by atoms with van der Waals surface area (Å²) >= 11 is 6.31. The number of anilines is 3. The zero-order valence-electron chi connectivity index (χ0n) is 26.2.